The molecule has 3 aliphatic rings. The Balaban J connectivity index is 0.00000963. The molecule has 1 saturated carbocycles. The number of nitrogens with zero attached hydrogens (tertiary/aromatic N) is 2. The minimum absolute atomic E-state index is 0. The standard InChI is InChI=1S/C61H87N5O5.Mg/c1-13-46-41(8)50-34-52-43(10)48(29-30-56(67)71-32-31-40(7)26-20-25-39(6)24-19-23-38(5)22-18-21-37(3)4)59(65-52)49(33-57(68)70-12)60-58(61(69)62-45-27-16-15-17-28-45)44(11)53(66-60)36-55-47(14-2)42(9)51(64-55)35-54(46)63-50;/h13,31,34-39,43,45,48,63-64H,1,14-30,32-33H2,2-12H3,(H,62,69);/q;+2/b40-31+,50-34?,51-35?,52-34?,53-36?,54-35?,55-36?,59-49?,60-49?;. The Morgan fingerprint density at radius 2 is 1.47 bits per heavy atom. The van der Waals surface area contributed by atoms with E-state index in [1.165, 1.54) is 57.6 Å². The Kier molecular flexibility index (Phi) is 22.5. The smallest absolute Gasteiger partial charge is 0.469 e. The first-order valence-electron chi connectivity index (χ1n) is 27.3. The van der Waals surface area contributed by atoms with Gasteiger partial charge in [0.15, 0.2) is 0 Å². The van der Waals surface area contributed by atoms with Gasteiger partial charge >= 0.3 is 35.0 Å². The third-order valence-corrected chi connectivity index (χ3v) is 15.9. The summed E-state index contributed by atoms with van der Waals surface area (Å²) in [4.78, 5) is 60.0. The van der Waals surface area contributed by atoms with Crippen LogP contribution < -0.4 is 5.32 Å². The van der Waals surface area contributed by atoms with Crippen molar-refractivity contribution in [3.63, 3.8) is 0 Å². The first kappa shape index (κ1) is 58.4. The maximum Gasteiger partial charge on any atom is 2.00 e. The molecule has 1 aliphatic carbocycles. The number of hydrogen-bond donors (Lipinski definition) is 3. The van der Waals surface area contributed by atoms with Gasteiger partial charge in [-0.05, 0) is 131 Å². The van der Waals surface area contributed by atoms with Crippen molar-refractivity contribution in [3.05, 3.63) is 87.0 Å². The Morgan fingerprint density at radius 3 is 2.12 bits per heavy atom. The second-order valence-electron chi connectivity index (χ2n) is 21.9. The summed E-state index contributed by atoms with van der Waals surface area (Å²) < 4.78 is 11.2. The van der Waals surface area contributed by atoms with E-state index in [9.17, 15) is 14.4 Å². The minimum atomic E-state index is -0.465. The predicted octanol–water partition coefficient (Wildman–Crippen LogP) is 14.4. The fourth-order valence-corrected chi connectivity index (χ4v) is 11.3. The Morgan fingerprint density at radius 1 is 0.819 bits per heavy atom. The van der Waals surface area contributed by atoms with Gasteiger partial charge in [0.25, 0.3) is 5.91 Å². The first-order chi connectivity index (χ1) is 34.0. The largest absolute Gasteiger partial charge is 2.00 e. The molecule has 11 heteroatoms. The molecule has 6 rings (SSSR count). The summed E-state index contributed by atoms with van der Waals surface area (Å²) in [7, 11) is 1.38. The van der Waals surface area contributed by atoms with Crippen LogP contribution in [-0.4, -0.2) is 80.6 Å². The van der Waals surface area contributed by atoms with Crippen molar-refractivity contribution in [2.45, 2.75) is 203 Å². The molecule has 0 aromatic carbocycles. The number of carbonyl (C=O) groups excluding carboxylic acids is 3. The molecule has 3 N–H and O–H groups in total. The SMILES string of the molecule is C=Cc1c(C)c2cc3nc(c(CC(=O)OC)c4nc(cc5[nH]c(cc1[nH]2)c(C)c5CC)C(C)=C4C(=O)NC1CCCCC1)C(CCC(=O)OC/C=C(\C)CCCC(C)CCCC(C)CCCC(C)C)C3C.[Mg+2]. The molecular weight excluding hydrogens is 907 g/mol. The fraction of sp³-hybridized carbons (Fsp3) is 0.590. The average molecular weight is 995 g/mol. The quantitative estimate of drug-likeness (QED) is 0.0488. The van der Waals surface area contributed by atoms with Gasteiger partial charge in [0.1, 0.15) is 6.61 Å². The number of aromatic amines is 2. The van der Waals surface area contributed by atoms with Crippen LogP contribution >= 0.6 is 0 Å². The van der Waals surface area contributed by atoms with Crippen LogP contribution in [0.1, 0.15) is 221 Å². The predicted molar refractivity (Wildman–Crippen MR) is 299 cm³/mol. The molecule has 1 fully saturated rings. The van der Waals surface area contributed by atoms with Crippen LogP contribution in [-0.2, 0) is 36.7 Å². The van der Waals surface area contributed by atoms with E-state index in [-0.39, 0.29) is 72.3 Å². The molecule has 10 nitrogen and oxygen atoms in total. The molecule has 3 aromatic heterocycles. The number of nitrogens with one attached hydrogen (secondary N) is 3. The van der Waals surface area contributed by atoms with Crippen LogP contribution in [0.2, 0.25) is 0 Å². The van der Waals surface area contributed by atoms with E-state index >= 15 is 0 Å². The molecule has 4 atom stereocenters. The number of methoxy groups -OCH3 is 1. The van der Waals surface area contributed by atoms with Crippen LogP contribution in [0.3, 0.4) is 0 Å². The zero-order valence-electron chi connectivity index (χ0n) is 46.1. The first-order valence-corrected chi connectivity index (χ1v) is 27.3. The number of aromatic nitrogens is 4. The fourth-order valence-electron chi connectivity index (χ4n) is 11.3. The number of ether oxygens (including phenoxy) is 2. The van der Waals surface area contributed by atoms with Gasteiger partial charge in [0.05, 0.1) is 36.2 Å². The summed E-state index contributed by atoms with van der Waals surface area (Å²) in [6.07, 6.45) is 21.6. The topological polar surface area (TPSA) is 139 Å². The van der Waals surface area contributed by atoms with Crippen molar-refractivity contribution >= 4 is 80.2 Å². The minimum Gasteiger partial charge on any atom is -0.469 e. The molecule has 0 radical (unpaired) electrons. The average Bonchev–Trinajstić information content (AvgIpc) is 4.02. The number of rotatable bonds is 23. The molecule has 386 valence electrons. The Bertz CT molecular complexity index is 2610. The number of amides is 1. The van der Waals surface area contributed by atoms with E-state index in [0.717, 1.165) is 119 Å². The summed E-state index contributed by atoms with van der Waals surface area (Å²) >= 11 is 0. The number of hydrogen-bond acceptors (Lipinski definition) is 7. The second kappa shape index (κ2) is 27.7. The van der Waals surface area contributed by atoms with Gasteiger partial charge in [-0.2, -0.15) is 0 Å². The molecule has 72 heavy (non-hydrogen) atoms. The number of fused-ring (bicyclic) bond motifs is 8. The molecular formula is C61H87MgN5O5+2. The van der Waals surface area contributed by atoms with E-state index in [4.69, 9.17) is 19.4 Å². The maximum absolute atomic E-state index is 14.7. The molecule has 8 bridgehead atoms. The van der Waals surface area contributed by atoms with Crippen molar-refractivity contribution in [2.75, 3.05) is 13.7 Å². The normalized spacial score (nSPS) is 17.1. The monoisotopic (exact) mass is 994 g/mol. The summed E-state index contributed by atoms with van der Waals surface area (Å²) in [6, 6.07) is 6.31. The van der Waals surface area contributed by atoms with E-state index in [1.54, 1.807) is 0 Å². The van der Waals surface area contributed by atoms with Crippen LogP contribution in [0.25, 0.3) is 39.3 Å². The van der Waals surface area contributed by atoms with Gasteiger partial charge < -0.3 is 24.8 Å². The van der Waals surface area contributed by atoms with Crippen molar-refractivity contribution in [2.24, 2.45) is 17.8 Å². The van der Waals surface area contributed by atoms with Crippen molar-refractivity contribution < 1.29 is 23.9 Å². The van der Waals surface area contributed by atoms with E-state index in [1.807, 2.05) is 25.1 Å². The Labute approximate surface area is 448 Å². The number of aryl methyl sites for hydroxylation is 3. The molecule has 3 aromatic rings. The summed E-state index contributed by atoms with van der Waals surface area (Å²) in [6.45, 7) is 26.4. The molecule has 4 unspecified atom stereocenters. The van der Waals surface area contributed by atoms with Gasteiger partial charge in [0, 0.05) is 63.2 Å². The second-order valence-corrected chi connectivity index (χ2v) is 21.9. The number of esters is 2. The van der Waals surface area contributed by atoms with E-state index in [2.05, 4.69) is 96.3 Å². The van der Waals surface area contributed by atoms with E-state index in [0.29, 0.717) is 40.6 Å². The zero-order valence-corrected chi connectivity index (χ0v) is 47.5. The van der Waals surface area contributed by atoms with E-state index < -0.39 is 5.97 Å². The molecule has 1 amide bonds. The van der Waals surface area contributed by atoms with Crippen LogP contribution in [0, 0.1) is 31.6 Å². The van der Waals surface area contributed by atoms with Crippen molar-refractivity contribution in [1.82, 2.24) is 25.3 Å². The van der Waals surface area contributed by atoms with Crippen LogP contribution in [0.5, 0.6) is 0 Å². The third kappa shape index (κ3) is 15.1. The molecule has 5 heterocycles. The van der Waals surface area contributed by atoms with Gasteiger partial charge in [-0.3, -0.25) is 19.4 Å². The van der Waals surface area contributed by atoms with Crippen molar-refractivity contribution in [3.8, 4) is 0 Å². The third-order valence-electron chi connectivity index (χ3n) is 15.9. The number of H-pyrrole nitrogens is 2. The van der Waals surface area contributed by atoms with Crippen LogP contribution in [0.4, 0.5) is 0 Å². The van der Waals surface area contributed by atoms with Crippen LogP contribution in [0.15, 0.2) is 36.4 Å². The number of allylic oxidation sites excluding steroid dienone is 2. The number of carbonyl (C=O) groups is 3. The Hall–Kier alpha value is -4.48. The van der Waals surface area contributed by atoms with Gasteiger partial charge in [0.2, 0.25) is 0 Å². The van der Waals surface area contributed by atoms with Gasteiger partial charge in [-0.15, -0.1) is 0 Å². The molecule has 0 saturated heterocycles. The summed E-state index contributed by atoms with van der Waals surface area (Å²) in [5.41, 5.74) is 13.5. The summed E-state index contributed by atoms with van der Waals surface area (Å²) in [5, 5.41) is 3.36. The maximum atomic E-state index is 14.7. The summed E-state index contributed by atoms with van der Waals surface area (Å²) in [5.74, 6) is 0.914. The van der Waals surface area contributed by atoms with Gasteiger partial charge in [-0.1, -0.05) is 124 Å². The molecule has 2 aliphatic heterocycles. The molecule has 0 spiro atoms. The van der Waals surface area contributed by atoms with Crippen molar-refractivity contribution in [1.29, 1.82) is 0 Å². The zero-order chi connectivity index (χ0) is 51.4. The van der Waals surface area contributed by atoms with Gasteiger partial charge in [-0.25, -0.2) is 4.98 Å².